The van der Waals surface area contributed by atoms with Crippen molar-refractivity contribution in [1.29, 1.82) is 0 Å². The van der Waals surface area contributed by atoms with Gasteiger partial charge in [-0.1, -0.05) is 24.3 Å². The normalized spacial score (nSPS) is 16.5. The minimum atomic E-state index is -0.0772. The van der Waals surface area contributed by atoms with Gasteiger partial charge in [0.05, 0.1) is 11.7 Å². The van der Waals surface area contributed by atoms with Crippen molar-refractivity contribution in [3.05, 3.63) is 83.6 Å². The molecule has 5 nitrogen and oxygen atoms in total. The van der Waals surface area contributed by atoms with Gasteiger partial charge in [0.1, 0.15) is 18.1 Å². The van der Waals surface area contributed by atoms with E-state index in [-0.39, 0.29) is 11.9 Å². The van der Waals surface area contributed by atoms with Gasteiger partial charge in [-0.15, -0.1) is 0 Å². The van der Waals surface area contributed by atoms with E-state index in [0.717, 1.165) is 36.4 Å². The fourth-order valence-corrected chi connectivity index (χ4v) is 3.52. The van der Waals surface area contributed by atoms with Crippen molar-refractivity contribution in [1.82, 2.24) is 9.88 Å². The average Bonchev–Trinajstić information content (AvgIpc) is 3.34. The third-order valence-electron chi connectivity index (χ3n) is 4.83. The summed E-state index contributed by atoms with van der Waals surface area (Å²) in [5.74, 6) is 1.73. The summed E-state index contributed by atoms with van der Waals surface area (Å²) in [6.07, 6.45) is 3.66. The van der Waals surface area contributed by atoms with Crippen molar-refractivity contribution in [3.63, 3.8) is 0 Å². The number of para-hydroxylation sites is 1. The van der Waals surface area contributed by atoms with E-state index in [1.165, 1.54) is 0 Å². The molecule has 0 saturated carbocycles. The number of nitrogens with zero attached hydrogens (tertiary/aromatic N) is 2. The first kappa shape index (κ1) is 17.3. The number of carbonyl (C=O) groups is 1. The van der Waals surface area contributed by atoms with Crippen molar-refractivity contribution in [3.8, 4) is 5.75 Å². The summed E-state index contributed by atoms with van der Waals surface area (Å²) in [7, 11) is 0. The van der Waals surface area contributed by atoms with Gasteiger partial charge < -0.3 is 14.1 Å². The number of aromatic nitrogens is 1. The lowest BCUT2D eigenvalue weighted by Gasteiger charge is -2.23. The molecule has 0 N–H and O–H groups in total. The summed E-state index contributed by atoms with van der Waals surface area (Å²) in [5.41, 5.74) is 1.76. The number of likely N-dealkylation sites (tertiary alicyclic amines) is 1. The maximum atomic E-state index is 13.1. The van der Waals surface area contributed by atoms with Gasteiger partial charge in [-0.3, -0.25) is 9.78 Å². The number of amides is 1. The quantitative estimate of drug-likeness (QED) is 0.669. The molecule has 27 heavy (non-hydrogen) atoms. The molecule has 1 saturated heterocycles. The highest BCUT2D eigenvalue weighted by Gasteiger charge is 2.33. The van der Waals surface area contributed by atoms with E-state index in [1.54, 1.807) is 6.20 Å². The summed E-state index contributed by atoms with van der Waals surface area (Å²) in [4.78, 5) is 19.4. The monoisotopic (exact) mass is 362 g/mol. The Morgan fingerprint density at radius 1 is 1.22 bits per heavy atom. The van der Waals surface area contributed by atoms with E-state index in [9.17, 15) is 4.79 Å². The third-order valence-corrected chi connectivity index (χ3v) is 4.83. The Kier molecular flexibility index (Phi) is 4.92. The highest BCUT2D eigenvalue weighted by molar-refractivity contribution is 5.93. The highest BCUT2D eigenvalue weighted by Crippen LogP contribution is 2.33. The fourth-order valence-electron chi connectivity index (χ4n) is 3.52. The summed E-state index contributed by atoms with van der Waals surface area (Å²) >= 11 is 0. The molecule has 0 spiro atoms. The molecule has 1 fully saturated rings. The van der Waals surface area contributed by atoms with Gasteiger partial charge >= 0.3 is 0 Å². The summed E-state index contributed by atoms with van der Waals surface area (Å²) in [6, 6.07) is 17.3. The number of ether oxygens (including phenoxy) is 1. The Labute approximate surface area is 158 Å². The first-order valence-electron chi connectivity index (χ1n) is 9.21. The molecule has 0 aliphatic carbocycles. The smallest absolute Gasteiger partial charge is 0.290 e. The third kappa shape index (κ3) is 3.72. The lowest BCUT2D eigenvalue weighted by atomic mass is 10.1. The lowest BCUT2D eigenvalue weighted by Crippen LogP contribution is -2.31. The molecule has 0 radical (unpaired) electrons. The van der Waals surface area contributed by atoms with Crippen LogP contribution in [0.3, 0.4) is 0 Å². The van der Waals surface area contributed by atoms with Crippen LogP contribution in [-0.2, 0) is 6.61 Å². The zero-order valence-electron chi connectivity index (χ0n) is 15.3. The van der Waals surface area contributed by atoms with Crippen LogP contribution < -0.4 is 4.74 Å². The van der Waals surface area contributed by atoms with Gasteiger partial charge in [0.15, 0.2) is 5.76 Å². The predicted octanol–water partition coefficient (Wildman–Crippen LogP) is 4.54. The van der Waals surface area contributed by atoms with Gasteiger partial charge in [0.2, 0.25) is 0 Å². The van der Waals surface area contributed by atoms with E-state index >= 15 is 0 Å². The first-order valence-corrected chi connectivity index (χ1v) is 9.21. The largest absolute Gasteiger partial charge is 0.486 e. The van der Waals surface area contributed by atoms with E-state index in [1.807, 2.05) is 66.4 Å². The minimum absolute atomic E-state index is 0.00668. The van der Waals surface area contributed by atoms with Gasteiger partial charge in [-0.2, -0.15) is 0 Å². The van der Waals surface area contributed by atoms with E-state index in [0.29, 0.717) is 18.1 Å². The van der Waals surface area contributed by atoms with Crippen LogP contribution in [0.2, 0.25) is 0 Å². The molecule has 1 aliphatic heterocycles. The zero-order chi connectivity index (χ0) is 18.6. The molecule has 1 amide bonds. The van der Waals surface area contributed by atoms with Crippen LogP contribution in [0.5, 0.6) is 5.75 Å². The molecular formula is C22H22N2O3. The SMILES string of the molecule is Cc1cc(COc2ccccc2)oc1C(=O)N1CCCC1c1ccccn1. The number of furan rings is 1. The molecule has 138 valence electrons. The number of hydrogen-bond acceptors (Lipinski definition) is 4. The number of rotatable bonds is 5. The summed E-state index contributed by atoms with van der Waals surface area (Å²) < 4.78 is 11.6. The summed E-state index contributed by atoms with van der Waals surface area (Å²) in [6.45, 7) is 2.91. The Balaban J connectivity index is 1.49. The second-order valence-electron chi connectivity index (χ2n) is 6.74. The van der Waals surface area contributed by atoms with E-state index in [2.05, 4.69) is 4.98 Å². The van der Waals surface area contributed by atoms with Crippen LogP contribution in [0.1, 0.15) is 46.5 Å². The molecular weight excluding hydrogens is 340 g/mol. The van der Waals surface area contributed by atoms with Gasteiger partial charge in [-0.05, 0) is 50.1 Å². The molecule has 2 aromatic heterocycles. The van der Waals surface area contributed by atoms with Gasteiger partial charge in [0.25, 0.3) is 5.91 Å². The average molecular weight is 362 g/mol. The van der Waals surface area contributed by atoms with E-state index in [4.69, 9.17) is 9.15 Å². The highest BCUT2D eigenvalue weighted by atomic mass is 16.5. The maximum Gasteiger partial charge on any atom is 0.290 e. The van der Waals surface area contributed by atoms with Crippen molar-refractivity contribution >= 4 is 5.91 Å². The lowest BCUT2D eigenvalue weighted by molar-refractivity contribution is 0.0695. The van der Waals surface area contributed by atoms with Crippen LogP contribution in [0, 0.1) is 6.92 Å². The topological polar surface area (TPSA) is 55.6 Å². The molecule has 1 atom stereocenters. The second kappa shape index (κ2) is 7.66. The van der Waals surface area contributed by atoms with Crippen LogP contribution >= 0.6 is 0 Å². The summed E-state index contributed by atoms with van der Waals surface area (Å²) in [5, 5.41) is 0. The van der Waals surface area contributed by atoms with Crippen molar-refractivity contribution in [2.24, 2.45) is 0 Å². The molecule has 0 bridgehead atoms. The molecule has 3 aromatic rings. The number of benzene rings is 1. The fraction of sp³-hybridized carbons (Fsp3) is 0.273. The molecule has 3 heterocycles. The van der Waals surface area contributed by atoms with E-state index < -0.39 is 0 Å². The van der Waals surface area contributed by atoms with Crippen LogP contribution in [-0.4, -0.2) is 22.3 Å². The Hall–Kier alpha value is -3.08. The van der Waals surface area contributed by atoms with Crippen molar-refractivity contribution < 1.29 is 13.9 Å². The molecule has 1 aromatic carbocycles. The van der Waals surface area contributed by atoms with Gasteiger partial charge in [-0.25, -0.2) is 0 Å². The Morgan fingerprint density at radius 2 is 2.04 bits per heavy atom. The molecule has 5 heteroatoms. The predicted molar refractivity (Wildman–Crippen MR) is 101 cm³/mol. The van der Waals surface area contributed by atoms with Crippen LogP contribution in [0.4, 0.5) is 0 Å². The Morgan fingerprint density at radius 3 is 2.81 bits per heavy atom. The molecule has 1 unspecified atom stereocenters. The molecule has 1 aliphatic rings. The maximum absolute atomic E-state index is 13.1. The molecule has 4 rings (SSSR count). The Bertz CT molecular complexity index is 906. The zero-order valence-corrected chi connectivity index (χ0v) is 15.3. The minimum Gasteiger partial charge on any atom is -0.486 e. The van der Waals surface area contributed by atoms with Gasteiger partial charge in [0, 0.05) is 18.3 Å². The van der Waals surface area contributed by atoms with Crippen molar-refractivity contribution in [2.75, 3.05) is 6.54 Å². The number of hydrogen-bond donors (Lipinski definition) is 0. The number of pyridine rings is 1. The number of carbonyl (C=O) groups excluding carboxylic acids is 1. The van der Waals surface area contributed by atoms with Crippen LogP contribution in [0.15, 0.2) is 65.2 Å². The number of aryl methyl sites for hydroxylation is 1. The van der Waals surface area contributed by atoms with Crippen molar-refractivity contribution in [2.45, 2.75) is 32.4 Å². The standard InChI is InChI=1S/C22H22N2O3/c1-16-14-18(15-26-17-8-3-2-4-9-17)27-21(16)22(25)24-13-7-11-20(24)19-10-5-6-12-23-19/h2-6,8-10,12,14,20H,7,11,13,15H2,1H3. The van der Waals surface area contributed by atoms with Crippen LogP contribution in [0.25, 0.3) is 0 Å². The second-order valence-corrected chi connectivity index (χ2v) is 6.74. The first-order chi connectivity index (χ1) is 13.2.